The number of carbonyl (C=O) groups excluding carboxylic acids is 1. The van der Waals surface area contributed by atoms with Gasteiger partial charge in [-0.15, -0.1) is 0 Å². The van der Waals surface area contributed by atoms with Crippen molar-refractivity contribution in [3.8, 4) is 28.4 Å². The van der Waals surface area contributed by atoms with E-state index < -0.39 is 0 Å². The number of anilines is 4. The van der Waals surface area contributed by atoms with Gasteiger partial charge in [-0.2, -0.15) is 0 Å². The number of aromatic nitrogens is 4. The number of methoxy groups -OCH3 is 1. The van der Waals surface area contributed by atoms with Gasteiger partial charge in [-0.25, -0.2) is 15.0 Å². The summed E-state index contributed by atoms with van der Waals surface area (Å²) in [7, 11) is 11.5. The van der Waals surface area contributed by atoms with E-state index in [9.17, 15) is 9.90 Å². The number of nitrogens with one attached hydrogen (secondary N) is 3. The number of H-pyrrole nitrogens is 1. The lowest BCUT2D eigenvalue weighted by atomic mass is 10.1. The molecule has 5 aromatic rings. The van der Waals surface area contributed by atoms with Gasteiger partial charge in [0.2, 0.25) is 11.9 Å². The summed E-state index contributed by atoms with van der Waals surface area (Å²) in [5, 5.41) is 16.8. The Morgan fingerprint density at radius 2 is 1.86 bits per heavy atom. The minimum Gasteiger partial charge on any atom is -0.494 e. The van der Waals surface area contributed by atoms with E-state index in [2.05, 4.69) is 30.4 Å². The quantitative estimate of drug-likeness (QED) is 0.105. The summed E-state index contributed by atoms with van der Waals surface area (Å²) in [6.45, 7) is 2.26. The summed E-state index contributed by atoms with van der Waals surface area (Å²) in [4.78, 5) is 36.8. The Labute approximate surface area is 286 Å². The third kappa shape index (κ3) is 9.02. The summed E-state index contributed by atoms with van der Waals surface area (Å²) >= 11 is 0. The van der Waals surface area contributed by atoms with Crippen molar-refractivity contribution >= 4 is 39.9 Å². The minimum atomic E-state index is -0.241. The number of ether oxygens (including phenoxy) is 1. The monoisotopic (exact) mass is 667 g/mol. The van der Waals surface area contributed by atoms with Gasteiger partial charge >= 0.3 is 0 Å². The standard InChI is InChI=1S/C36H45N9O4/c1-43(2)16-7-10-33(47)38-27-22-28(31(48-6)23-29(27)45(5)18-17-44(3)4)40-36-37-15-13-26(39-36)35-34(41-32(42-35)9-8-19-46)25-12-11-24-14-20-49-30(24)21-25/h7,10-15,20-23,46H,8-9,16-19H2,1-6H3,(H,38,47)(H,41,42)(H,37,39,40)/b10-7+. The second-order valence-corrected chi connectivity index (χ2v) is 12.2. The molecule has 0 spiro atoms. The molecule has 13 heteroatoms. The average molecular weight is 668 g/mol. The molecule has 258 valence electrons. The zero-order valence-corrected chi connectivity index (χ0v) is 28.9. The van der Waals surface area contributed by atoms with Crippen LogP contribution < -0.4 is 20.3 Å². The topological polar surface area (TPSA) is 148 Å². The van der Waals surface area contributed by atoms with Crippen LogP contribution in [0.1, 0.15) is 12.2 Å². The predicted molar refractivity (Wildman–Crippen MR) is 195 cm³/mol. The maximum Gasteiger partial charge on any atom is 0.248 e. The van der Waals surface area contributed by atoms with Gasteiger partial charge in [0.05, 0.1) is 47.5 Å². The highest BCUT2D eigenvalue weighted by Gasteiger charge is 2.19. The number of rotatable bonds is 16. The Kier molecular flexibility index (Phi) is 11.6. The van der Waals surface area contributed by atoms with Crippen molar-refractivity contribution in [2.45, 2.75) is 12.8 Å². The lowest BCUT2D eigenvalue weighted by Gasteiger charge is -2.26. The highest BCUT2D eigenvalue weighted by Crippen LogP contribution is 2.38. The highest BCUT2D eigenvalue weighted by molar-refractivity contribution is 6.02. The average Bonchev–Trinajstić information content (AvgIpc) is 3.73. The fourth-order valence-corrected chi connectivity index (χ4v) is 5.23. The van der Waals surface area contributed by atoms with Crippen molar-refractivity contribution in [3.63, 3.8) is 0 Å². The van der Waals surface area contributed by atoms with Crippen molar-refractivity contribution in [1.29, 1.82) is 0 Å². The summed E-state index contributed by atoms with van der Waals surface area (Å²) < 4.78 is 11.5. The number of aryl methyl sites for hydroxylation is 1. The zero-order valence-electron chi connectivity index (χ0n) is 28.9. The molecular formula is C36H45N9O4. The number of fused-ring (bicyclic) bond motifs is 1. The van der Waals surface area contributed by atoms with Crippen molar-refractivity contribution in [1.82, 2.24) is 29.7 Å². The molecule has 4 N–H and O–H groups in total. The molecule has 5 rings (SSSR count). The number of furan rings is 1. The van der Waals surface area contributed by atoms with Crippen LogP contribution in [0.15, 0.2) is 71.5 Å². The Morgan fingerprint density at radius 3 is 2.61 bits per heavy atom. The molecule has 0 radical (unpaired) electrons. The normalized spacial score (nSPS) is 11.6. The van der Waals surface area contributed by atoms with E-state index in [-0.39, 0.29) is 12.5 Å². The summed E-state index contributed by atoms with van der Waals surface area (Å²) in [5.41, 5.74) is 5.66. The molecule has 49 heavy (non-hydrogen) atoms. The van der Waals surface area contributed by atoms with Crippen LogP contribution in [0.3, 0.4) is 0 Å². The SMILES string of the molecule is COc1cc(N(C)CCN(C)C)c(NC(=O)/C=C/CN(C)C)cc1Nc1nccc(-c2[nH]c(CCCO)nc2-c2ccc3ccoc3c2)n1. The second kappa shape index (κ2) is 16.2. The van der Waals surface area contributed by atoms with Crippen LogP contribution >= 0.6 is 0 Å². The van der Waals surface area contributed by atoms with E-state index in [1.54, 1.807) is 19.6 Å². The van der Waals surface area contributed by atoms with Gasteiger partial charge < -0.3 is 44.6 Å². The van der Waals surface area contributed by atoms with Gasteiger partial charge in [-0.05, 0) is 58.9 Å². The van der Waals surface area contributed by atoms with Gasteiger partial charge in [-0.3, -0.25) is 4.79 Å². The van der Waals surface area contributed by atoms with Crippen LogP contribution in [-0.2, 0) is 11.2 Å². The first-order valence-electron chi connectivity index (χ1n) is 16.1. The van der Waals surface area contributed by atoms with Crippen molar-refractivity contribution in [3.05, 3.63) is 72.9 Å². The van der Waals surface area contributed by atoms with E-state index in [1.807, 2.05) is 88.7 Å². The van der Waals surface area contributed by atoms with Crippen LogP contribution in [0.5, 0.6) is 5.75 Å². The zero-order chi connectivity index (χ0) is 34.9. The van der Waals surface area contributed by atoms with Gasteiger partial charge in [0, 0.05) is 69.0 Å². The molecule has 0 bridgehead atoms. The number of aliphatic hydroxyl groups excluding tert-OH is 1. The van der Waals surface area contributed by atoms with Gasteiger partial charge in [0.25, 0.3) is 0 Å². The maximum absolute atomic E-state index is 13.0. The van der Waals surface area contributed by atoms with E-state index in [0.717, 1.165) is 41.1 Å². The van der Waals surface area contributed by atoms with E-state index in [0.29, 0.717) is 59.5 Å². The molecule has 0 fully saturated rings. The summed E-state index contributed by atoms with van der Waals surface area (Å²) in [6.07, 6.45) is 7.84. The Morgan fingerprint density at radius 1 is 1.02 bits per heavy atom. The number of aromatic amines is 1. The van der Waals surface area contributed by atoms with Crippen LogP contribution in [0.4, 0.5) is 23.0 Å². The van der Waals surface area contributed by atoms with Crippen molar-refractivity contribution < 1.29 is 19.1 Å². The van der Waals surface area contributed by atoms with Crippen LogP contribution in [0.25, 0.3) is 33.6 Å². The third-order valence-corrected chi connectivity index (χ3v) is 7.82. The second-order valence-electron chi connectivity index (χ2n) is 12.2. The number of hydrogen-bond acceptors (Lipinski definition) is 11. The molecule has 0 saturated carbocycles. The minimum absolute atomic E-state index is 0.0617. The van der Waals surface area contributed by atoms with Crippen LogP contribution in [0.2, 0.25) is 0 Å². The van der Waals surface area contributed by atoms with E-state index in [4.69, 9.17) is 19.1 Å². The molecule has 2 aromatic carbocycles. The Hall–Kier alpha value is -5.24. The van der Waals surface area contributed by atoms with Crippen molar-refractivity contribution in [2.75, 3.05) is 84.1 Å². The molecule has 3 aromatic heterocycles. The third-order valence-electron chi connectivity index (χ3n) is 7.82. The molecule has 0 unspecified atom stereocenters. The molecular weight excluding hydrogens is 622 g/mol. The lowest BCUT2D eigenvalue weighted by molar-refractivity contribution is -0.111. The first-order chi connectivity index (χ1) is 23.6. The number of carbonyl (C=O) groups is 1. The molecule has 0 atom stereocenters. The molecule has 0 aliphatic carbocycles. The number of likely N-dealkylation sites (N-methyl/N-ethyl adjacent to an activating group) is 3. The Balaban J connectivity index is 1.50. The Bertz CT molecular complexity index is 1900. The number of amides is 1. The maximum atomic E-state index is 13.0. The first kappa shape index (κ1) is 35.1. The van der Waals surface area contributed by atoms with Crippen LogP contribution in [0, 0.1) is 0 Å². The van der Waals surface area contributed by atoms with Crippen molar-refractivity contribution in [2.24, 2.45) is 0 Å². The largest absolute Gasteiger partial charge is 0.494 e. The lowest BCUT2D eigenvalue weighted by Crippen LogP contribution is -2.29. The number of aliphatic hydroxyl groups is 1. The molecule has 0 aliphatic rings. The van der Waals surface area contributed by atoms with Crippen LogP contribution in [-0.4, -0.2) is 109 Å². The van der Waals surface area contributed by atoms with E-state index >= 15 is 0 Å². The molecule has 3 heterocycles. The summed E-state index contributed by atoms with van der Waals surface area (Å²) in [6, 6.07) is 13.4. The fourth-order valence-electron chi connectivity index (χ4n) is 5.23. The summed E-state index contributed by atoms with van der Waals surface area (Å²) in [5.74, 6) is 1.38. The molecule has 1 amide bonds. The number of imidazole rings is 1. The van der Waals surface area contributed by atoms with Gasteiger partial charge in [0.1, 0.15) is 17.2 Å². The smallest absolute Gasteiger partial charge is 0.248 e. The molecule has 0 aliphatic heterocycles. The van der Waals surface area contributed by atoms with Gasteiger partial charge in [-0.1, -0.05) is 18.2 Å². The number of benzene rings is 2. The number of hydrogen-bond donors (Lipinski definition) is 4. The first-order valence-corrected chi connectivity index (χ1v) is 16.1. The highest BCUT2D eigenvalue weighted by atomic mass is 16.5. The molecule has 13 nitrogen and oxygen atoms in total. The molecule has 0 saturated heterocycles. The van der Waals surface area contributed by atoms with E-state index in [1.165, 1.54) is 6.08 Å². The predicted octanol–water partition coefficient (Wildman–Crippen LogP) is 5.01. The van der Waals surface area contributed by atoms with Gasteiger partial charge in [0.15, 0.2) is 0 Å². The fraction of sp³-hybridized carbons (Fsp3) is 0.333. The number of nitrogens with zero attached hydrogens (tertiary/aromatic N) is 6.